The Kier molecular flexibility index (Phi) is 5.43. The molecular weight excluding hydrogens is 348 g/mol. The van der Waals surface area contributed by atoms with E-state index in [1.807, 2.05) is 19.1 Å². The van der Waals surface area contributed by atoms with E-state index in [2.05, 4.69) is 15.6 Å². The minimum atomic E-state index is 0.0485. The van der Waals surface area contributed by atoms with Gasteiger partial charge in [-0.05, 0) is 61.2 Å². The Hall–Kier alpha value is -1.63. The Bertz CT molecular complexity index is 761. The van der Waals surface area contributed by atoms with Crippen LogP contribution in [0.15, 0.2) is 21.9 Å². The highest BCUT2D eigenvalue weighted by Gasteiger charge is 2.27. The molecule has 1 fully saturated rings. The van der Waals surface area contributed by atoms with Gasteiger partial charge in [0.15, 0.2) is 0 Å². The minimum absolute atomic E-state index is 0.0485. The predicted octanol–water partition coefficient (Wildman–Crippen LogP) is 3.33. The summed E-state index contributed by atoms with van der Waals surface area (Å²) in [5.41, 5.74) is 2.65. The lowest BCUT2D eigenvalue weighted by molar-refractivity contribution is 0.0117. The number of morpholine rings is 1. The number of hydrogen-bond donors (Lipinski definition) is 1. The summed E-state index contributed by atoms with van der Waals surface area (Å²) >= 11 is 1.59. The molecule has 140 valence electrons. The molecule has 1 atom stereocenters. The second-order valence-corrected chi connectivity index (χ2v) is 7.98. The maximum absolute atomic E-state index is 12.8. The molecule has 0 bridgehead atoms. The predicted molar refractivity (Wildman–Crippen MR) is 102 cm³/mol. The smallest absolute Gasteiger partial charge is 0.261 e. The molecule has 26 heavy (non-hydrogen) atoms. The van der Waals surface area contributed by atoms with Gasteiger partial charge in [0, 0.05) is 19.6 Å². The third-order valence-electron chi connectivity index (χ3n) is 5.34. The fourth-order valence-electron chi connectivity index (χ4n) is 3.91. The monoisotopic (exact) mass is 374 g/mol. The van der Waals surface area contributed by atoms with Crippen LogP contribution in [-0.2, 0) is 17.6 Å². The third kappa shape index (κ3) is 3.72. The van der Waals surface area contributed by atoms with E-state index in [1.165, 1.54) is 24.0 Å². The number of fused-ring (bicyclic) bond motifs is 1. The van der Waals surface area contributed by atoms with E-state index < -0.39 is 0 Å². The molecule has 1 unspecified atom stereocenters. The van der Waals surface area contributed by atoms with Crippen molar-refractivity contribution in [2.24, 2.45) is 0 Å². The van der Waals surface area contributed by atoms with Crippen molar-refractivity contribution < 1.29 is 13.9 Å². The van der Waals surface area contributed by atoms with Gasteiger partial charge in [0.1, 0.15) is 11.5 Å². The highest BCUT2D eigenvalue weighted by Crippen LogP contribution is 2.30. The lowest BCUT2D eigenvalue weighted by Crippen LogP contribution is -2.43. The molecule has 3 heterocycles. The van der Waals surface area contributed by atoms with Crippen LogP contribution in [0, 0.1) is 6.92 Å². The largest absolute Gasteiger partial charge is 0.465 e. The maximum Gasteiger partial charge on any atom is 0.261 e. The van der Waals surface area contributed by atoms with Crippen molar-refractivity contribution in [1.82, 2.24) is 10.2 Å². The lowest BCUT2D eigenvalue weighted by atomic mass is 9.94. The molecule has 0 aromatic carbocycles. The van der Waals surface area contributed by atoms with Crippen molar-refractivity contribution in [3.05, 3.63) is 45.0 Å². The Morgan fingerprint density at radius 3 is 2.85 bits per heavy atom. The number of ether oxygens (including phenoxy) is 1. The molecule has 5 nitrogen and oxygen atoms in total. The molecule has 1 N–H and O–H groups in total. The molecule has 4 rings (SSSR count). The molecule has 1 saturated heterocycles. The second-order valence-electron chi connectivity index (χ2n) is 7.10. The fourth-order valence-corrected chi connectivity index (χ4v) is 4.99. The Labute approximate surface area is 158 Å². The highest BCUT2D eigenvalue weighted by molar-refractivity contribution is 7.12. The third-order valence-corrected chi connectivity index (χ3v) is 6.41. The van der Waals surface area contributed by atoms with Crippen molar-refractivity contribution in [2.45, 2.75) is 38.6 Å². The fraction of sp³-hybridized carbons (Fsp3) is 0.550. The first kappa shape index (κ1) is 17.8. The number of carbonyl (C=O) groups is 1. The van der Waals surface area contributed by atoms with Crippen molar-refractivity contribution in [3.8, 4) is 0 Å². The molecule has 0 radical (unpaired) electrons. The zero-order chi connectivity index (χ0) is 17.9. The Balaban J connectivity index is 1.47. The topological polar surface area (TPSA) is 54.7 Å². The molecule has 0 saturated carbocycles. The van der Waals surface area contributed by atoms with Crippen molar-refractivity contribution in [3.63, 3.8) is 0 Å². The van der Waals surface area contributed by atoms with Gasteiger partial charge in [-0.15, -0.1) is 11.3 Å². The van der Waals surface area contributed by atoms with Gasteiger partial charge in [0.2, 0.25) is 0 Å². The van der Waals surface area contributed by atoms with Crippen LogP contribution in [-0.4, -0.2) is 43.7 Å². The summed E-state index contributed by atoms with van der Waals surface area (Å²) in [4.78, 5) is 16.1. The van der Waals surface area contributed by atoms with E-state index in [1.54, 1.807) is 11.3 Å². The molecule has 2 aromatic heterocycles. The zero-order valence-corrected chi connectivity index (χ0v) is 16.1. The first-order valence-corrected chi connectivity index (χ1v) is 10.4. The van der Waals surface area contributed by atoms with Gasteiger partial charge < -0.3 is 14.5 Å². The quantitative estimate of drug-likeness (QED) is 0.872. The zero-order valence-electron chi connectivity index (χ0n) is 15.3. The number of amides is 1. The number of thiophene rings is 1. The van der Waals surface area contributed by atoms with E-state index in [9.17, 15) is 4.79 Å². The average molecular weight is 375 g/mol. The van der Waals surface area contributed by atoms with Gasteiger partial charge in [0.25, 0.3) is 5.91 Å². The number of nitrogens with zero attached hydrogens (tertiary/aromatic N) is 1. The van der Waals surface area contributed by atoms with Crippen molar-refractivity contribution in [1.29, 1.82) is 0 Å². The maximum atomic E-state index is 12.8. The van der Waals surface area contributed by atoms with E-state index in [-0.39, 0.29) is 11.9 Å². The van der Waals surface area contributed by atoms with E-state index in [0.717, 1.165) is 55.5 Å². The van der Waals surface area contributed by atoms with E-state index >= 15 is 0 Å². The summed E-state index contributed by atoms with van der Waals surface area (Å²) in [7, 11) is 0. The Morgan fingerprint density at radius 1 is 1.27 bits per heavy atom. The van der Waals surface area contributed by atoms with E-state index in [4.69, 9.17) is 9.15 Å². The number of rotatable bonds is 5. The van der Waals surface area contributed by atoms with Gasteiger partial charge in [-0.3, -0.25) is 9.69 Å². The molecule has 6 heteroatoms. The van der Waals surface area contributed by atoms with Gasteiger partial charge in [0.05, 0.1) is 24.1 Å². The molecular formula is C20H26N2O3S. The van der Waals surface area contributed by atoms with Crippen LogP contribution < -0.4 is 5.32 Å². The van der Waals surface area contributed by atoms with Crippen molar-refractivity contribution >= 4 is 17.2 Å². The van der Waals surface area contributed by atoms with Gasteiger partial charge >= 0.3 is 0 Å². The highest BCUT2D eigenvalue weighted by atomic mass is 32.1. The van der Waals surface area contributed by atoms with Crippen LogP contribution in [0.4, 0.5) is 0 Å². The van der Waals surface area contributed by atoms with Gasteiger partial charge in [-0.2, -0.15) is 0 Å². The summed E-state index contributed by atoms with van der Waals surface area (Å²) in [6, 6.07) is 4.06. The van der Waals surface area contributed by atoms with Crippen LogP contribution in [0.2, 0.25) is 0 Å². The summed E-state index contributed by atoms with van der Waals surface area (Å²) in [6.07, 6.45) is 4.57. The second kappa shape index (κ2) is 7.94. The van der Waals surface area contributed by atoms with Gasteiger partial charge in [-0.1, -0.05) is 0 Å². The Morgan fingerprint density at radius 2 is 2.08 bits per heavy atom. The number of aryl methyl sites for hydroxylation is 2. The summed E-state index contributed by atoms with van der Waals surface area (Å²) < 4.78 is 11.4. The number of furan rings is 1. The molecule has 1 aliphatic heterocycles. The van der Waals surface area contributed by atoms with E-state index in [0.29, 0.717) is 6.54 Å². The van der Waals surface area contributed by atoms with Crippen LogP contribution in [0.5, 0.6) is 0 Å². The average Bonchev–Trinajstić information content (AvgIpc) is 3.29. The SMILES string of the molecule is Cc1ccc(C(CNC(=O)c2scc3c2CCCC3)N2CCOCC2)o1. The number of carbonyl (C=O) groups excluding carboxylic acids is 1. The van der Waals surface area contributed by atoms with Crippen LogP contribution in [0.25, 0.3) is 0 Å². The first-order valence-electron chi connectivity index (χ1n) is 9.48. The molecule has 2 aliphatic rings. The number of hydrogen-bond acceptors (Lipinski definition) is 5. The lowest BCUT2D eigenvalue weighted by Gasteiger charge is -2.33. The van der Waals surface area contributed by atoms with Crippen LogP contribution in [0.1, 0.15) is 51.2 Å². The summed E-state index contributed by atoms with van der Waals surface area (Å²) in [5.74, 6) is 1.87. The first-order chi connectivity index (χ1) is 12.7. The van der Waals surface area contributed by atoms with Gasteiger partial charge in [-0.25, -0.2) is 0 Å². The molecule has 1 amide bonds. The minimum Gasteiger partial charge on any atom is -0.465 e. The molecule has 2 aromatic rings. The van der Waals surface area contributed by atoms with Crippen molar-refractivity contribution in [2.75, 3.05) is 32.8 Å². The molecule has 0 spiro atoms. The van der Waals surface area contributed by atoms with Crippen LogP contribution in [0.3, 0.4) is 0 Å². The summed E-state index contributed by atoms with van der Waals surface area (Å²) in [6.45, 7) is 5.67. The summed E-state index contributed by atoms with van der Waals surface area (Å²) in [5, 5.41) is 5.33. The standard InChI is InChI=1S/C20H26N2O3S/c1-14-6-7-18(25-14)17(22-8-10-24-11-9-22)12-21-20(23)19-16-5-3-2-4-15(16)13-26-19/h6-7,13,17H,2-5,8-12H2,1H3,(H,21,23). The molecule has 1 aliphatic carbocycles. The number of nitrogens with one attached hydrogen (secondary N) is 1. The normalized spacial score (nSPS) is 19.1. The van der Waals surface area contributed by atoms with Crippen LogP contribution >= 0.6 is 11.3 Å².